The number of halogens is 1. The topological polar surface area (TPSA) is 65.5 Å². The number of hydrogen-bond donors (Lipinski definition) is 3. The van der Waals surface area contributed by atoms with Gasteiger partial charge in [-0.2, -0.15) is 0 Å². The molecule has 0 saturated carbocycles. The van der Waals surface area contributed by atoms with Crippen LogP contribution in [0.15, 0.2) is 53.5 Å². The Bertz CT molecular complexity index is 757. The molecule has 0 spiro atoms. The molecule has 28 heavy (non-hydrogen) atoms. The number of aliphatic imine (C=N–C) groups is 1. The molecule has 3 N–H and O–H groups in total. The highest BCUT2D eigenvalue weighted by Gasteiger charge is 2.02. The Morgan fingerprint density at radius 2 is 1.64 bits per heavy atom. The maximum absolute atomic E-state index is 13.0. The lowest BCUT2D eigenvalue weighted by molar-refractivity contribution is -0.116. The first-order valence-electron chi connectivity index (χ1n) is 9.76. The zero-order valence-electron chi connectivity index (χ0n) is 16.6. The van der Waals surface area contributed by atoms with E-state index in [1.54, 1.807) is 12.1 Å². The van der Waals surface area contributed by atoms with Crippen LogP contribution in [0.1, 0.15) is 37.8 Å². The van der Waals surface area contributed by atoms with Gasteiger partial charge in [-0.15, -0.1) is 0 Å². The summed E-state index contributed by atoms with van der Waals surface area (Å²) in [6.07, 6.45) is 2.15. The molecular formula is C22H29FN4O. The average Bonchev–Trinajstić information content (AvgIpc) is 2.69. The van der Waals surface area contributed by atoms with Gasteiger partial charge in [-0.3, -0.25) is 4.79 Å². The fourth-order valence-corrected chi connectivity index (χ4v) is 2.63. The number of amides is 1. The molecule has 2 aromatic carbocycles. The second-order valence-electron chi connectivity index (χ2n) is 6.49. The van der Waals surface area contributed by atoms with E-state index in [-0.39, 0.29) is 11.7 Å². The molecule has 0 aliphatic rings. The third kappa shape index (κ3) is 7.78. The zero-order chi connectivity index (χ0) is 20.2. The van der Waals surface area contributed by atoms with Crippen LogP contribution in [0.4, 0.5) is 10.1 Å². The van der Waals surface area contributed by atoms with Crippen LogP contribution in [0.25, 0.3) is 0 Å². The first-order chi connectivity index (χ1) is 13.6. The molecule has 0 heterocycles. The molecule has 2 rings (SSSR count). The number of hydrogen-bond acceptors (Lipinski definition) is 2. The summed E-state index contributed by atoms with van der Waals surface area (Å²) in [5.41, 5.74) is 2.94. The fraction of sp³-hybridized carbons (Fsp3) is 0.364. The van der Waals surface area contributed by atoms with Crippen molar-refractivity contribution in [2.75, 3.05) is 18.4 Å². The number of benzene rings is 2. The van der Waals surface area contributed by atoms with Gasteiger partial charge in [0.15, 0.2) is 5.96 Å². The van der Waals surface area contributed by atoms with Crippen LogP contribution >= 0.6 is 0 Å². The van der Waals surface area contributed by atoms with E-state index in [9.17, 15) is 9.18 Å². The lowest BCUT2D eigenvalue weighted by Crippen LogP contribution is -2.38. The molecule has 1 amide bonds. The Kier molecular flexibility index (Phi) is 8.98. The highest BCUT2D eigenvalue weighted by molar-refractivity contribution is 5.90. The van der Waals surface area contributed by atoms with E-state index in [0.717, 1.165) is 42.2 Å². The largest absolute Gasteiger partial charge is 0.357 e. The summed E-state index contributed by atoms with van der Waals surface area (Å²) < 4.78 is 13.0. The summed E-state index contributed by atoms with van der Waals surface area (Å²) in [5.74, 6) is 0.556. The first-order valence-corrected chi connectivity index (χ1v) is 9.76. The Morgan fingerprint density at radius 1 is 0.964 bits per heavy atom. The van der Waals surface area contributed by atoms with Gasteiger partial charge in [-0.05, 0) is 55.2 Å². The molecule has 0 fully saturated rings. The molecule has 0 unspecified atom stereocenters. The van der Waals surface area contributed by atoms with Crippen molar-refractivity contribution < 1.29 is 9.18 Å². The van der Waals surface area contributed by atoms with Gasteiger partial charge >= 0.3 is 0 Å². The van der Waals surface area contributed by atoms with Crippen molar-refractivity contribution in [2.24, 2.45) is 4.99 Å². The van der Waals surface area contributed by atoms with Gasteiger partial charge in [0, 0.05) is 25.2 Å². The van der Waals surface area contributed by atoms with E-state index in [2.05, 4.69) is 20.9 Å². The van der Waals surface area contributed by atoms with E-state index in [1.165, 1.54) is 12.1 Å². The summed E-state index contributed by atoms with van der Waals surface area (Å²) >= 11 is 0. The van der Waals surface area contributed by atoms with Gasteiger partial charge in [0.1, 0.15) is 5.82 Å². The fourth-order valence-electron chi connectivity index (χ4n) is 2.63. The molecule has 0 aliphatic carbocycles. The number of nitrogens with zero attached hydrogens (tertiary/aromatic N) is 1. The second kappa shape index (κ2) is 11.7. The minimum absolute atomic E-state index is 0.0352. The molecule has 5 nitrogen and oxygen atoms in total. The molecule has 0 saturated heterocycles. The molecule has 0 aromatic heterocycles. The predicted octanol–water partition coefficient (Wildman–Crippen LogP) is 3.86. The summed E-state index contributed by atoms with van der Waals surface area (Å²) in [4.78, 5) is 16.2. The van der Waals surface area contributed by atoms with Gasteiger partial charge in [0.2, 0.25) is 5.91 Å². The number of guanidine groups is 1. The van der Waals surface area contributed by atoms with Crippen molar-refractivity contribution in [3.05, 3.63) is 65.5 Å². The standard InChI is InChI=1S/C22H29FN4O/c1-3-5-21(28)27-20-12-8-18(9-13-20)16-26-22(24-4-2)25-15-14-17-6-10-19(23)11-7-17/h6-13H,3-5,14-16H2,1-2H3,(H,27,28)(H2,24,25,26). The van der Waals surface area contributed by atoms with Crippen molar-refractivity contribution in [1.29, 1.82) is 0 Å². The maximum atomic E-state index is 13.0. The van der Waals surface area contributed by atoms with Crippen LogP contribution in [0.3, 0.4) is 0 Å². The van der Waals surface area contributed by atoms with Crippen molar-refractivity contribution in [3.8, 4) is 0 Å². The van der Waals surface area contributed by atoms with Crippen LogP contribution in [-0.4, -0.2) is 25.0 Å². The Balaban J connectivity index is 1.85. The third-order valence-corrected chi connectivity index (χ3v) is 4.10. The minimum atomic E-state index is -0.220. The molecule has 0 aliphatic heterocycles. The summed E-state index contributed by atoms with van der Waals surface area (Å²) in [6.45, 7) is 6.01. The van der Waals surface area contributed by atoms with Crippen molar-refractivity contribution in [3.63, 3.8) is 0 Å². The molecule has 0 atom stereocenters. The van der Waals surface area contributed by atoms with Crippen LogP contribution in [0, 0.1) is 5.82 Å². The number of carbonyl (C=O) groups is 1. The number of nitrogens with one attached hydrogen (secondary N) is 3. The molecule has 2 aromatic rings. The highest BCUT2D eigenvalue weighted by atomic mass is 19.1. The maximum Gasteiger partial charge on any atom is 0.224 e. The normalized spacial score (nSPS) is 11.2. The van der Waals surface area contributed by atoms with E-state index >= 15 is 0 Å². The Morgan fingerprint density at radius 3 is 2.29 bits per heavy atom. The van der Waals surface area contributed by atoms with Gasteiger partial charge in [-0.1, -0.05) is 31.2 Å². The van der Waals surface area contributed by atoms with Gasteiger partial charge in [0.05, 0.1) is 6.54 Å². The predicted molar refractivity (Wildman–Crippen MR) is 113 cm³/mol. The lowest BCUT2D eigenvalue weighted by atomic mass is 10.1. The van der Waals surface area contributed by atoms with Crippen LogP contribution in [0.5, 0.6) is 0 Å². The lowest BCUT2D eigenvalue weighted by Gasteiger charge is -2.11. The molecule has 0 radical (unpaired) electrons. The smallest absolute Gasteiger partial charge is 0.224 e. The van der Waals surface area contributed by atoms with E-state index in [1.807, 2.05) is 38.1 Å². The minimum Gasteiger partial charge on any atom is -0.357 e. The van der Waals surface area contributed by atoms with Crippen molar-refractivity contribution >= 4 is 17.6 Å². The average molecular weight is 384 g/mol. The number of carbonyl (C=O) groups excluding carboxylic acids is 1. The van der Waals surface area contributed by atoms with E-state index < -0.39 is 0 Å². The number of rotatable bonds is 9. The second-order valence-corrected chi connectivity index (χ2v) is 6.49. The first kappa shape index (κ1) is 21.4. The third-order valence-electron chi connectivity index (χ3n) is 4.10. The summed E-state index contributed by atoms with van der Waals surface area (Å²) in [6, 6.07) is 14.3. The molecule has 150 valence electrons. The quantitative estimate of drug-likeness (QED) is 0.454. The van der Waals surface area contributed by atoms with Crippen LogP contribution in [0.2, 0.25) is 0 Å². The van der Waals surface area contributed by atoms with Gasteiger partial charge < -0.3 is 16.0 Å². The molecular weight excluding hydrogens is 355 g/mol. The zero-order valence-corrected chi connectivity index (χ0v) is 16.6. The van der Waals surface area contributed by atoms with Crippen molar-refractivity contribution in [1.82, 2.24) is 10.6 Å². The SMILES string of the molecule is CCCC(=O)Nc1ccc(CN=C(NCC)NCCc2ccc(F)cc2)cc1. The van der Waals surface area contributed by atoms with E-state index in [0.29, 0.717) is 19.5 Å². The molecule has 6 heteroatoms. The monoisotopic (exact) mass is 384 g/mol. The van der Waals surface area contributed by atoms with Crippen LogP contribution < -0.4 is 16.0 Å². The van der Waals surface area contributed by atoms with Gasteiger partial charge in [-0.25, -0.2) is 9.38 Å². The van der Waals surface area contributed by atoms with Crippen molar-refractivity contribution in [2.45, 2.75) is 39.7 Å². The van der Waals surface area contributed by atoms with Crippen LogP contribution in [-0.2, 0) is 17.8 Å². The van der Waals surface area contributed by atoms with Gasteiger partial charge in [0.25, 0.3) is 0 Å². The van der Waals surface area contributed by atoms with E-state index in [4.69, 9.17) is 0 Å². The Hall–Kier alpha value is -2.89. The highest BCUT2D eigenvalue weighted by Crippen LogP contribution is 2.11. The molecule has 0 bridgehead atoms. The summed E-state index contributed by atoms with van der Waals surface area (Å²) in [5, 5.41) is 9.39. The number of anilines is 1. The summed E-state index contributed by atoms with van der Waals surface area (Å²) in [7, 11) is 0. The Labute approximate surface area is 166 Å².